The van der Waals surface area contributed by atoms with E-state index in [1.54, 1.807) is 0 Å². The first-order valence-electron chi connectivity index (χ1n) is 16.0. The van der Waals surface area contributed by atoms with Gasteiger partial charge in [0, 0.05) is 34.3 Å². The lowest BCUT2D eigenvalue weighted by molar-refractivity contribution is 1.24. The first-order chi connectivity index (χ1) is 23.3. The van der Waals surface area contributed by atoms with E-state index in [1.165, 1.54) is 27.1 Å². The van der Waals surface area contributed by atoms with Gasteiger partial charge in [-0.25, -0.2) is 0 Å². The molecular formula is C45H32N2. The van der Waals surface area contributed by atoms with Gasteiger partial charge in [0.1, 0.15) is 0 Å². The monoisotopic (exact) mass is 600 g/mol. The molecule has 7 aromatic rings. The van der Waals surface area contributed by atoms with Crippen molar-refractivity contribution in [2.75, 3.05) is 9.80 Å². The number of benzene rings is 7. The summed E-state index contributed by atoms with van der Waals surface area (Å²) in [5.74, 6) is 6.71. The Hall–Kier alpha value is -6.30. The summed E-state index contributed by atoms with van der Waals surface area (Å²) < 4.78 is 0. The number of para-hydroxylation sites is 1. The topological polar surface area (TPSA) is 6.48 Å². The quantitative estimate of drug-likeness (QED) is 0.168. The summed E-state index contributed by atoms with van der Waals surface area (Å²) in [6, 6.07) is 58.4. The average Bonchev–Trinajstić information content (AvgIpc) is 3.43. The summed E-state index contributed by atoms with van der Waals surface area (Å²) in [6.45, 7) is 0. The summed E-state index contributed by atoms with van der Waals surface area (Å²) in [4.78, 5) is 4.62. The predicted molar refractivity (Wildman–Crippen MR) is 200 cm³/mol. The van der Waals surface area contributed by atoms with Gasteiger partial charge < -0.3 is 9.80 Å². The third-order valence-electron chi connectivity index (χ3n) is 8.68. The number of anilines is 5. The molecule has 0 aromatic heterocycles. The van der Waals surface area contributed by atoms with Crippen LogP contribution in [-0.4, -0.2) is 0 Å². The van der Waals surface area contributed by atoms with Crippen molar-refractivity contribution in [1.82, 2.24) is 0 Å². The molecule has 222 valence electrons. The Morgan fingerprint density at radius 1 is 0.426 bits per heavy atom. The van der Waals surface area contributed by atoms with E-state index in [1.807, 2.05) is 0 Å². The first kappa shape index (κ1) is 28.2. The molecule has 0 fully saturated rings. The lowest BCUT2D eigenvalue weighted by atomic mass is 10.0. The van der Waals surface area contributed by atoms with E-state index in [0.29, 0.717) is 0 Å². The number of rotatable bonds is 7. The van der Waals surface area contributed by atoms with Crippen molar-refractivity contribution >= 4 is 50.0 Å². The molecule has 0 saturated carbocycles. The van der Waals surface area contributed by atoms with Crippen LogP contribution in [0, 0.1) is 11.8 Å². The van der Waals surface area contributed by atoms with E-state index in [-0.39, 0.29) is 0 Å². The lowest BCUT2D eigenvalue weighted by Gasteiger charge is -2.27. The number of fused-ring (bicyclic) bond motifs is 2. The van der Waals surface area contributed by atoms with Gasteiger partial charge in [0.25, 0.3) is 0 Å². The van der Waals surface area contributed by atoms with Gasteiger partial charge >= 0.3 is 0 Å². The van der Waals surface area contributed by atoms with Crippen LogP contribution in [0.1, 0.15) is 6.42 Å². The van der Waals surface area contributed by atoms with Crippen molar-refractivity contribution in [2.24, 2.45) is 0 Å². The van der Waals surface area contributed by atoms with Crippen LogP contribution in [0.3, 0.4) is 0 Å². The zero-order valence-corrected chi connectivity index (χ0v) is 25.9. The van der Waals surface area contributed by atoms with Crippen molar-refractivity contribution < 1.29 is 0 Å². The van der Waals surface area contributed by atoms with E-state index >= 15 is 0 Å². The molecule has 7 aromatic carbocycles. The molecule has 0 bridgehead atoms. The molecule has 0 radical (unpaired) electrons. The van der Waals surface area contributed by atoms with E-state index in [4.69, 9.17) is 0 Å². The molecule has 1 aliphatic rings. The largest absolute Gasteiger partial charge is 0.310 e. The van der Waals surface area contributed by atoms with E-state index < -0.39 is 0 Å². The normalized spacial score (nSPS) is 12.2. The van der Waals surface area contributed by atoms with Crippen LogP contribution < -0.4 is 9.80 Å². The third kappa shape index (κ3) is 5.56. The van der Waals surface area contributed by atoms with Gasteiger partial charge in [0.05, 0.1) is 17.1 Å². The van der Waals surface area contributed by atoms with E-state index in [9.17, 15) is 0 Å². The van der Waals surface area contributed by atoms with Crippen LogP contribution in [0.2, 0.25) is 0 Å². The second-order valence-corrected chi connectivity index (χ2v) is 11.6. The second-order valence-electron chi connectivity index (χ2n) is 11.6. The van der Waals surface area contributed by atoms with Gasteiger partial charge in [-0.3, -0.25) is 0 Å². The standard InChI is InChI=1S/C45H32N2/c1-2-5-19-38(18-4-1)46(44-24-12-16-36-14-8-10-22-42(36)44)40-30-26-34(27-31-40)35-28-32-41(33-29-35)47(39-20-6-3-7-21-39)45-25-13-17-37-15-9-11-23-43(37)45/h1,3-4,6-18,20-33H,2H2. The molecule has 0 aliphatic heterocycles. The number of allylic oxidation sites excluding steroid dienone is 4. The molecule has 2 heteroatoms. The Balaban J connectivity index is 1.16. The highest BCUT2D eigenvalue weighted by molar-refractivity contribution is 5.99. The van der Waals surface area contributed by atoms with Crippen LogP contribution in [-0.2, 0) is 0 Å². The minimum absolute atomic E-state index is 0.751. The van der Waals surface area contributed by atoms with Crippen molar-refractivity contribution in [2.45, 2.75) is 6.42 Å². The minimum atomic E-state index is 0.751. The number of hydrogen-bond acceptors (Lipinski definition) is 2. The predicted octanol–water partition coefficient (Wildman–Crippen LogP) is 12.1. The molecular weight excluding hydrogens is 569 g/mol. The van der Waals surface area contributed by atoms with Crippen LogP contribution in [0.5, 0.6) is 0 Å². The Kier molecular flexibility index (Phi) is 7.56. The van der Waals surface area contributed by atoms with Gasteiger partial charge in [-0.05, 0) is 82.4 Å². The fraction of sp³-hybridized carbons (Fsp3) is 0.0222. The molecule has 0 unspecified atom stereocenters. The summed E-state index contributed by atoms with van der Waals surface area (Å²) in [5.41, 5.74) is 8.87. The molecule has 0 spiro atoms. The molecule has 47 heavy (non-hydrogen) atoms. The minimum Gasteiger partial charge on any atom is -0.310 e. The Morgan fingerprint density at radius 3 is 1.53 bits per heavy atom. The fourth-order valence-electron chi connectivity index (χ4n) is 6.42. The molecule has 8 rings (SSSR count). The van der Waals surface area contributed by atoms with Crippen molar-refractivity contribution in [1.29, 1.82) is 0 Å². The van der Waals surface area contributed by atoms with Gasteiger partial charge in [-0.15, -0.1) is 0 Å². The Bertz CT molecular complexity index is 2310. The van der Waals surface area contributed by atoms with Gasteiger partial charge in [-0.1, -0.05) is 133 Å². The zero-order valence-electron chi connectivity index (χ0n) is 25.9. The van der Waals surface area contributed by atoms with Gasteiger partial charge in [-0.2, -0.15) is 0 Å². The molecule has 0 N–H and O–H groups in total. The summed E-state index contributed by atoms with van der Waals surface area (Å²) in [7, 11) is 0. The van der Waals surface area contributed by atoms with Crippen LogP contribution in [0.15, 0.2) is 188 Å². The maximum Gasteiger partial charge on any atom is 0.0969 e. The average molecular weight is 601 g/mol. The molecule has 1 aliphatic carbocycles. The molecule has 0 amide bonds. The first-order valence-corrected chi connectivity index (χ1v) is 16.0. The maximum atomic E-state index is 3.41. The van der Waals surface area contributed by atoms with Gasteiger partial charge in [0.15, 0.2) is 0 Å². The Morgan fingerprint density at radius 2 is 0.915 bits per heavy atom. The highest BCUT2D eigenvalue weighted by atomic mass is 15.2. The van der Waals surface area contributed by atoms with E-state index in [2.05, 4.69) is 204 Å². The lowest BCUT2D eigenvalue weighted by Crippen LogP contribution is -2.15. The molecule has 0 heterocycles. The van der Waals surface area contributed by atoms with Crippen molar-refractivity contribution in [3.63, 3.8) is 0 Å². The van der Waals surface area contributed by atoms with Crippen LogP contribution in [0.25, 0.3) is 32.7 Å². The van der Waals surface area contributed by atoms with Gasteiger partial charge in [0.2, 0.25) is 0 Å². The molecule has 2 nitrogen and oxygen atoms in total. The van der Waals surface area contributed by atoms with E-state index in [0.717, 1.165) is 46.1 Å². The SMILES string of the molecule is C1#CC(N(c2ccc(-c3ccc(N(c4ccccc4)c4cccc5ccccc45)cc3)cc2)c2cccc3ccccc23)=CC=CC1. The zero-order chi connectivity index (χ0) is 31.4. The molecule has 0 atom stereocenters. The van der Waals surface area contributed by atoms with Crippen molar-refractivity contribution in [3.8, 4) is 23.0 Å². The summed E-state index contributed by atoms with van der Waals surface area (Å²) in [6.07, 6.45) is 7.06. The third-order valence-corrected chi connectivity index (χ3v) is 8.68. The fourth-order valence-corrected chi connectivity index (χ4v) is 6.42. The highest BCUT2D eigenvalue weighted by Gasteiger charge is 2.18. The van der Waals surface area contributed by atoms with Crippen LogP contribution >= 0.6 is 0 Å². The maximum absolute atomic E-state index is 3.41. The summed E-state index contributed by atoms with van der Waals surface area (Å²) in [5, 5.41) is 4.84. The van der Waals surface area contributed by atoms with Crippen molar-refractivity contribution in [3.05, 3.63) is 188 Å². The van der Waals surface area contributed by atoms with Crippen LogP contribution in [0.4, 0.5) is 28.4 Å². The second kappa shape index (κ2) is 12.6. The number of nitrogens with zero attached hydrogens (tertiary/aromatic N) is 2. The number of hydrogen-bond donors (Lipinski definition) is 0. The summed E-state index contributed by atoms with van der Waals surface area (Å²) >= 11 is 0. The molecule has 0 saturated heterocycles. The smallest absolute Gasteiger partial charge is 0.0969 e. The Labute approximate surface area is 276 Å². The highest BCUT2D eigenvalue weighted by Crippen LogP contribution is 2.40.